The van der Waals surface area contributed by atoms with Gasteiger partial charge >= 0.3 is 0 Å². The van der Waals surface area contributed by atoms with Crippen LogP contribution in [-0.4, -0.2) is 0 Å². The average molecular weight is 423 g/mol. The largest absolute Gasteiger partial charge is 0.0683 e. The van der Waals surface area contributed by atoms with Crippen molar-refractivity contribution in [3.8, 4) is 0 Å². The van der Waals surface area contributed by atoms with Crippen LogP contribution >= 0.6 is 0 Å². The van der Waals surface area contributed by atoms with Crippen LogP contribution < -0.4 is 0 Å². The fraction of sp³-hybridized carbons (Fsp3) is 1.00. The maximum absolute atomic E-state index is 2.58. The number of hydrogen-bond donors (Lipinski definition) is 0. The lowest BCUT2D eigenvalue weighted by Gasteiger charge is -2.31. The van der Waals surface area contributed by atoms with Crippen LogP contribution in [-0.2, 0) is 0 Å². The first kappa shape index (κ1) is 30.0. The van der Waals surface area contributed by atoms with Crippen molar-refractivity contribution in [2.45, 2.75) is 140 Å². The lowest BCUT2D eigenvalue weighted by molar-refractivity contribution is 0.196. The van der Waals surface area contributed by atoms with Gasteiger partial charge in [0, 0.05) is 0 Å². The molecule has 182 valence electrons. The second-order valence-electron chi connectivity index (χ2n) is 11.7. The molecule has 0 aromatic rings. The minimum atomic E-state index is 0.868. The molecule has 1 rings (SSSR count). The quantitative estimate of drug-likeness (QED) is 0.261. The lowest BCUT2D eigenvalue weighted by Crippen LogP contribution is -2.21. The van der Waals surface area contributed by atoms with Gasteiger partial charge in [-0.05, 0) is 72.5 Å². The summed E-state index contributed by atoms with van der Waals surface area (Å²) in [7, 11) is 0. The molecule has 30 heavy (non-hydrogen) atoms. The van der Waals surface area contributed by atoms with Crippen LogP contribution in [0.15, 0.2) is 0 Å². The Hall–Kier alpha value is 0. The van der Waals surface area contributed by atoms with E-state index >= 15 is 0 Å². The van der Waals surface area contributed by atoms with E-state index < -0.39 is 0 Å². The lowest BCUT2D eigenvalue weighted by atomic mass is 9.75. The summed E-state index contributed by atoms with van der Waals surface area (Å²) in [6, 6.07) is 0. The molecule has 1 saturated carbocycles. The summed E-state index contributed by atoms with van der Waals surface area (Å²) in [5, 5.41) is 0. The highest BCUT2D eigenvalue weighted by atomic mass is 14.4. The predicted molar refractivity (Wildman–Crippen MR) is 140 cm³/mol. The van der Waals surface area contributed by atoms with Crippen molar-refractivity contribution in [3.05, 3.63) is 0 Å². The maximum atomic E-state index is 2.58. The zero-order chi connectivity index (χ0) is 23.3. The first-order valence-electron chi connectivity index (χ1n) is 14.2. The van der Waals surface area contributed by atoms with Crippen molar-refractivity contribution in [2.75, 3.05) is 0 Å². The second kappa shape index (κ2) is 16.6. The Morgan fingerprint density at radius 3 is 1.80 bits per heavy atom. The molecule has 6 unspecified atom stereocenters. The molecule has 1 fully saturated rings. The average Bonchev–Trinajstić information content (AvgIpc) is 3.14. The van der Waals surface area contributed by atoms with E-state index in [4.69, 9.17) is 0 Å². The molecule has 0 saturated heterocycles. The molecule has 0 heterocycles. The Morgan fingerprint density at radius 2 is 1.33 bits per heavy atom. The molecular formula is C30H62. The molecule has 0 aromatic carbocycles. The standard InChI is InChI=1S/C28H56.C2H6/c1-10-24(14-12-13-20(3)4)16-15-23(9)25(11-2)17-27-18-26(21(5)6)19-28(27)22(7)8;1-2/h20-28H,10-19H2,1-9H3;1-2H3. The highest BCUT2D eigenvalue weighted by molar-refractivity contribution is 4.88. The van der Waals surface area contributed by atoms with E-state index in [0.717, 1.165) is 53.3 Å². The van der Waals surface area contributed by atoms with Crippen molar-refractivity contribution in [2.24, 2.45) is 53.3 Å². The van der Waals surface area contributed by atoms with E-state index in [0.29, 0.717) is 0 Å². The molecule has 0 spiro atoms. The fourth-order valence-corrected chi connectivity index (χ4v) is 6.13. The molecule has 0 aliphatic heterocycles. The third-order valence-electron chi connectivity index (χ3n) is 8.52. The summed E-state index contributed by atoms with van der Waals surface area (Å²) >= 11 is 0. The van der Waals surface area contributed by atoms with Crippen molar-refractivity contribution in [1.82, 2.24) is 0 Å². The van der Waals surface area contributed by atoms with Crippen molar-refractivity contribution in [1.29, 1.82) is 0 Å². The van der Waals surface area contributed by atoms with E-state index in [1.807, 2.05) is 13.8 Å². The van der Waals surface area contributed by atoms with Gasteiger partial charge in [0.1, 0.15) is 0 Å². The van der Waals surface area contributed by atoms with Gasteiger partial charge in [0.25, 0.3) is 0 Å². The molecule has 1 aliphatic carbocycles. The van der Waals surface area contributed by atoms with Gasteiger partial charge in [-0.15, -0.1) is 0 Å². The van der Waals surface area contributed by atoms with Gasteiger partial charge in [-0.3, -0.25) is 0 Å². The van der Waals surface area contributed by atoms with Crippen LogP contribution in [0.25, 0.3) is 0 Å². The summed E-state index contributed by atoms with van der Waals surface area (Å²) < 4.78 is 0. The summed E-state index contributed by atoms with van der Waals surface area (Å²) in [6.45, 7) is 26.1. The van der Waals surface area contributed by atoms with Gasteiger partial charge in [0.15, 0.2) is 0 Å². The van der Waals surface area contributed by atoms with Crippen LogP contribution in [0, 0.1) is 53.3 Å². The first-order chi connectivity index (χ1) is 14.2. The van der Waals surface area contributed by atoms with Gasteiger partial charge in [0.2, 0.25) is 0 Å². The van der Waals surface area contributed by atoms with Crippen LogP contribution in [0.5, 0.6) is 0 Å². The molecule has 0 nitrogen and oxygen atoms in total. The molecule has 1 aliphatic rings. The Bertz CT molecular complexity index is 379. The monoisotopic (exact) mass is 422 g/mol. The third kappa shape index (κ3) is 11.0. The minimum Gasteiger partial charge on any atom is -0.0683 e. The van der Waals surface area contributed by atoms with E-state index in [1.165, 1.54) is 64.2 Å². The molecule has 0 bridgehead atoms. The maximum Gasteiger partial charge on any atom is -0.0360 e. The molecule has 0 aromatic heterocycles. The summed E-state index contributed by atoms with van der Waals surface area (Å²) in [6.07, 6.45) is 14.5. The Kier molecular flexibility index (Phi) is 16.6. The second-order valence-corrected chi connectivity index (χ2v) is 11.7. The van der Waals surface area contributed by atoms with E-state index in [-0.39, 0.29) is 0 Å². The molecule has 0 radical (unpaired) electrons. The summed E-state index contributed by atoms with van der Waals surface area (Å²) in [5.74, 6) is 8.40. The van der Waals surface area contributed by atoms with E-state index in [1.54, 1.807) is 0 Å². The van der Waals surface area contributed by atoms with Crippen LogP contribution in [0.3, 0.4) is 0 Å². The SMILES string of the molecule is CC.CCC(CCCC(C)C)CCC(C)C(CC)CC1CC(C(C)C)CC1C(C)C. The normalized spacial score (nSPS) is 24.8. The highest BCUT2D eigenvalue weighted by Crippen LogP contribution is 2.47. The Balaban J connectivity index is 0.00000407. The van der Waals surface area contributed by atoms with Crippen molar-refractivity contribution in [3.63, 3.8) is 0 Å². The van der Waals surface area contributed by atoms with Crippen molar-refractivity contribution < 1.29 is 0 Å². The zero-order valence-electron chi connectivity index (χ0n) is 23.3. The summed E-state index contributed by atoms with van der Waals surface area (Å²) in [5.41, 5.74) is 0. The van der Waals surface area contributed by atoms with Crippen LogP contribution in [0.2, 0.25) is 0 Å². The Morgan fingerprint density at radius 1 is 0.700 bits per heavy atom. The van der Waals surface area contributed by atoms with Crippen molar-refractivity contribution >= 4 is 0 Å². The van der Waals surface area contributed by atoms with E-state index in [9.17, 15) is 0 Å². The molecule has 0 amide bonds. The highest BCUT2D eigenvalue weighted by Gasteiger charge is 2.38. The molecule has 6 atom stereocenters. The molecular weight excluding hydrogens is 360 g/mol. The predicted octanol–water partition coefficient (Wildman–Crippen LogP) is 10.7. The van der Waals surface area contributed by atoms with E-state index in [2.05, 4.69) is 62.3 Å². The third-order valence-corrected chi connectivity index (χ3v) is 8.52. The molecule has 0 heteroatoms. The van der Waals surface area contributed by atoms with Crippen LogP contribution in [0.1, 0.15) is 140 Å². The number of hydrogen-bond acceptors (Lipinski definition) is 0. The minimum absolute atomic E-state index is 0.868. The van der Waals surface area contributed by atoms with Crippen LogP contribution in [0.4, 0.5) is 0 Å². The topological polar surface area (TPSA) is 0 Å². The summed E-state index contributed by atoms with van der Waals surface area (Å²) in [4.78, 5) is 0. The van der Waals surface area contributed by atoms with Gasteiger partial charge < -0.3 is 0 Å². The zero-order valence-corrected chi connectivity index (χ0v) is 23.3. The smallest absolute Gasteiger partial charge is 0.0360 e. The number of rotatable bonds is 14. The van der Waals surface area contributed by atoms with Gasteiger partial charge in [-0.25, -0.2) is 0 Å². The molecule has 0 N–H and O–H groups in total. The van der Waals surface area contributed by atoms with Gasteiger partial charge in [0.05, 0.1) is 0 Å². The van der Waals surface area contributed by atoms with Gasteiger partial charge in [-0.1, -0.05) is 121 Å². The Labute approximate surface area is 193 Å². The first-order valence-corrected chi connectivity index (χ1v) is 14.2. The fourth-order valence-electron chi connectivity index (χ4n) is 6.13. The van der Waals surface area contributed by atoms with Gasteiger partial charge in [-0.2, -0.15) is 0 Å².